The average molecular weight is 434 g/mol. The summed E-state index contributed by atoms with van der Waals surface area (Å²) < 4.78 is 35.1. The molecule has 4 heterocycles. The predicted octanol–water partition coefficient (Wildman–Crippen LogP) is 2.19. The summed E-state index contributed by atoms with van der Waals surface area (Å²) in [5.41, 5.74) is -0.827. The lowest BCUT2D eigenvalue weighted by Gasteiger charge is -2.41. The lowest BCUT2D eigenvalue weighted by atomic mass is 9.88. The number of piperidine rings is 1. The zero-order chi connectivity index (χ0) is 22.4. The predicted molar refractivity (Wildman–Crippen MR) is 112 cm³/mol. The summed E-state index contributed by atoms with van der Waals surface area (Å²) >= 11 is 0. The maximum Gasteiger partial charge on any atom is 0.318 e. The fourth-order valence-corrected chi connectivity index (χ4v) is 4.36. The Balaban J connectivity index is 1.54. The van der Waals surface area contributed by atoms with Crippen LogP contribution in [0.2, 0.25) is 0 Å². The second-order valence-electron chi connectivity index (χ2n) is 8.75. The molecule has 3 aliphatic heterocycles. The molecule has 0 aromatic carbocycles. The van der Waals surface area contributed by atoms with Crippen molar-refractivity contribution >= 4 is 17.6 Å². The number of anilines is 1. The van der Waals surface area contributed by atoms with E-state index >= 15 is 4.39 Å². The molecule has 0 aliphatic carbocycles. The number of likely N-dealkylation sites (tertiary alicyclic amines) is 1. The van der Waals surface area contributed by atoms with E-state index in [2.05, 4.69) is 20.3 Å². The van der Waals surface area contributed by atoms with Gasteiger partial charge < -0.3 is 19.9 Å². The van der Waals surface area contributed by atoms with Gasteiger partial charge in [-0.1, -0.05) is 0 Å². The van der Waals surface area contributed by atoms with Crippen molar-refractivity contribution in [3.63, 3.8) is 0 Å². The Hall–Kier alpha value is -2.62. The van der Waals surface area contributed by atoms with Crippen LogP contribution in [0, 0.1) is 5.82 Å². The third kappa shape index (κ3) is 3.77. The molecule has 1 amide bonds. The number of carbonyl (C=O) groups is 1. The molecule has 1 aromatic heterocycles. The van der Waals surface area contributed by atoms with Crippen LogP contribution in [-0.2, 0) is 4.79 Å². The van der Waals surface area contributed by atoms with Gasteiger partial charge in [0.25, 0.3) is 5.91 Å². The summed E-state index contributed by atoms with van der Waals surface area (Å²) in [7, 11) is 1.93. The minimum Gasteiger partial charge on any atom is -0.464 e. The summed E-state index contributed by atoms with van der Waals surface area (Å²) in [4.78, 5) is 29.2. The highest BCUT2D eigenvalue weighted by atomic mass is 19.1. The second kappa shape index (κ2) is 7.81. The fraction of sp³-hybridized carbons (Fsp3) is 0.619. The highest BCUT2D eigenvalue weighted by Crippen LogP contribution is 2.41. The van der Waals surface area contributed by atoms with Crippen molar-refractivity contribution in [3.8, 4) is 6.01 Å². The van der Waals surface area contributed by atoms with Crippen molar-refractivity contribution in [2.45, 2.75) is 44.8 Å². The van der Waals surface area contributed by atoms with Gasteiger partial charge in [0.2, 0.25) is 0 Å². The van der Waals surface area contributed by atoms with Crippen molar-refractivity contribution in [1.29, 1.82) is 0 Å². The van der Waals surface area contributed by atoms with Crippen LogP contribution in [-0.4, -0.2) is 82.6 Å². The van der Waals surface area contributed by atoms with E-state index in [4.69, 9.17) is 4.74 Å². The molecule has 1 saturated heterocycles. The Morgan fingerprint density at radius 2 is 2.03 bits per heavy atom. The van der Waals surface area contributed by atoms with E-state index in [-0.39, 0.29) is 31.2 Å². The average Bonchev–Trinajstić information content (AvgIpc) is 3.25. The normalized spacial score (nSPS) is 22.4. The van der Waals surface area contributed by atoms with E-state index in [1.165, 1.54) is 0 Å². The molecule has 0 saturated carbocycles. The lowest BCUT2D eigenvalue weighted by molar-refractivity contribution is -0.150. The van der Waals surface area contributed by atoms with E-state index < -0.39 is 22.9 Å². The number of rotatable bonds is 4. The molecular formula is C21H28F2N6O2. The first-order valence-electron chi connectivity index (χ1n) is 10.5. The number of aromatic nitrogens is 2. The summed E-state index contributed by atoms with van der Waals surface area (Å²) in [5, 5.41) is 2.92. The summed E-state index contributed by atoms with van der Waals surface area (Å²) in [6.07, 6.45) is 1.41. The molecule has 1 fully saturated rings. The molecule has 10 heteroatoms. The van der Waals surface area contributed by atoms with Gasteiger partial charge in [-0.25, -0.2) is 13.8 Å². The van der Waals surface area contributed by atoms with Crippen LogP contribution in [0.15, 0.2) is 22.3 Å². The standard InChI is InChI=1S/C21H28F2N6O2/c1-5-31-19-25-11-15(22)17(27-19)26-16-13-12-29(20(2,3)14(13)10-24-16)18(30)21(23)6-8-28(4)9-7-21/h11H,5-10,12H2,1-4H3,(H,24,25,26,27). The zero-order valence-corrected chi connectivity index (χ0v) is 18.3. The van der Waals surface area contributed by atoms with Gasteiger partial charge in [0.15, 0.2) is 17.3 Å². The maximum absolute atomic E-state index is 15.6. The first kappa shape index (κ1) is 21.6. The number of aliphatic imine (C=N–C) groups is 1. The third-order valence-electron chi connectivity index (χ3n) is 6.42. The van der Waals surface area contributed by atoms with Gasteiger partial charge >= 0.3 is 6.01 Å². The van der Waals surface area contributed by atoms with E-state index in [0.29, 0.717) is 32.1 Å². The SMILES string of the molecule is CCOc1ncc(F)c(NC2=NCC3=C2CN(C(=O)C2(F)CCN(C)CC2)C3(C)C)n1. The lowest BCUT2D eigenvalue weighted by Crippen LogP contribution is -2.56. The molecule has 0 radical (unpaired) electrons. The smallest absolute Gasteiger partial charge is 0.318 e. The summed E-state index contributed by atoms with van der Waals surface area (Å²) in [6, 6.07) is 0.0596. The Labute approximate surface area is 180 Å². The number of amides is 1. The molecule has 0 spiro atoms. The number of carbonyl (C=O) groups excluding carboxylic acids is 1. The van der Waals surface area contributed by atoms with Gasteiger partial charge in [0.1, 0.15) is 5.84 Å². The van der Waals surface area contributed by atoms with Crippen molar-refractivity contribution < 1.29 is 18.3 Å². The summed E-state index contributed by atoms with van der Waals surface area (Å²) in [6.45, 7) is 7.63. The number of ether oxygens (including phenoxy) is 1. The Morgan fingerprint density at radius 3 is 2.71 bits per heavy atom. The third-order valence-corrected chi connectivity index (χ3v) is 6.42. The number of nitrogens with zero attached hydrogens (tertiary/aromatic N) is 5. The molecular weight excluding hydrogens is 406 g/mol. The van der Waals surface area contributed by atoms with E-state index in [1.54, 1.807) is 11.8 Å². The van der Waals surface area contributed by atoms with Crippen LogP contribution in [0.25, 0.3) is 0 Å². The minimum absolute atomic E-state index is 0.0502. The molecule has 168 valence electrons. The van der Waals surface area contributed by atoms with E-state index in [9.17, 15) is 9.18 Å². The molecule has 31 heavy (non-hydrogen) atoms. The number of hydrogen-bond donors (Lipinski definition) is 1. The van der Waals surface area contributed by atoms with Crippen LogP contribution in [0.3, 0.4) is 0 Å². The topological polar surface area (TPSA) is 82.9 Å². The number of nitrogens with one attached hydrogen (secondary N) is 1. The highest BCUT2D eigenvalue weighted by Gasteiger charge is 2.52. The highest BCUT2D eigenvalue weighted by molar-refractivity contribution is 6.11. The maximum atomic E-state index is 15.6. The number of halogens is 2. The molecule has 0 atom stereocenters. The Kier molecular flexibility index (Phi) is 5.45. The molecule has 3 aliphatic rings. The van der Waals surface area contributed by atoms with Crippen LogP contribution in [0.5, 0.6) is 6.01 Å². The Bertz CT molecular complexity index is 953. The van der Waals surface area contributed by atoms with Gasteiger partial charge in [-0.05, 0) is 33.4 Å². The van der Waals surface area contributed by atoms with Crippen LogP contribution in [0.1, 0.15) is 33.6 Å². The number of amidine groups is 1. The quantitative estimate of drug-likeness (QED) is 0.782. The number of hydrogen-bond acceptors (Lipinski definition) is 7. The second-order valence-corrected chi connectivity index (χ2v) is 8.75. The van der Waals surface area contributed by atoms with Crippen molar-refractivity contribution in [2.24, 2.45) is 4.99 Å². The fourth-order valence-electron chi connectivity index (χ4n) is 4.36. The molecule has 1 N–H and O–H groups in total. The zero-order valence-electron chi connectivity index (χ0n) is 18.3. The molecule has 8 nitrogen and oxygen atoms in total. The first-order chi connectivity index (χ1) is 14.7. The van der Waals surface area contributed by atoms with Crippen LogP contribution in [0.4, 0.5) is 14.6 Å². The van der Waals surface area contributed by atoms with Gasteiger partial charge in [-0.15, -0.1) is 0 Å². The molecule has 0 bridgehead atoms. The largest absolute Gasteiger partial charge is 0.464 e. The van der Waals surface area contributed by atoms with Crippen molar-refractivity contribution in [1.82, 2.24) is 19.8 Å². The number of alkyl halides is 1. The summed E-state index contributed by atoms with van der Waals surface area (Å²) in [5.74, 6) is -0.730. The molecule has 4 rings (SSSR count). The van der Waals surface area contributed by atoms with Gasteiger partial charge in [0, 0.05) is 31.5 Å². The van der Waals surface area contributed by atoms with Crippen molar-refractivity contribution in [3.05, 3.63) is 23.2 Å². The van der Waals surface area contributed by atoms with Gasteiger partial charge in [0.05, 0.1) is 31.4 Å². The Morgan fingerprint density at radius 1 is 1.32 bits per heavy atom. The van der Waals surface area contributed by atoms with E-state index in [1.807, 2.05) is 25.8 Å². The first-order valence-corrected chi connectivity index (χ1v) is 10.5. The van der Waals surface area contributed by atoms with Gasteiger partial charge in [-0.3, -0.25) is 9.79 Å². The van der Waals surface area contributed by atoms with Crippen LogP contribution < -0.4 is 10.1 Å². The van der Waals surface area contributed by atoms with Crippen LogP contribution >= 0.6 is 0 Å². The molecule has 0 unspecified atom stereocenters. The van der Waals surface area contributed by atoms with Gasteiger partial charge in [-0.2, -0.15) is 4.98 Å². The monoisotopic (exact) mass is 434 g/mol. The van der Waals surface area contributed by atoms with E-state index in [0.717, 1.165) is 17.3 Å². The van der Waals surface area contributed by atoms with Crippen molar-refractivity contribution in [2.75, 3.05) is 45.2 Å². The minimum atomic E-state index is -1.86. The molecule has 1 aromatic rings.